The highest BCUT2D eigenvalue weighted by Crippen LogP contribution is 2.21. The van der Waals surface area contributed by atoms with Crippen LogP contribution < -0.4 is 10.6 Å². The second-order valence-electron chi connectivity index (χ2n) is 6.04. The van der Waals surface area contributed by atoms with Gasteiger partial charge in [-0.2, -0.15) is 0 Å². The van der Waals surface area contributed by atoms with E-state index in [1.54, 1.807) is 26.0 Å². The van der Waals surface area contributed by atoms with Crippen molar-refractivity contribution in [2.45, 2.75) is 58.6 Å². The molecule has 0 radical (unpaired) electrons. The number of amides is 2. The molecule has 1 aromatic rings. The van der Waals surface area contributed by atoms with E-state index in [1.165, 1.54) is 0 Å². The minimum Gasteiger partial charge on any atom is -0.463 e. The summed E-state index contributed by atoms with van der Waals surface area (Å²) < 4.78 is 5.38. The standard InChI is InChI=1S/C16H26N2O4/c1-11(2)18-15(20)7-5-6-14(19)17-10-16(4,21)13-9-8-12(3)22-13/h8-9,11,21H,5-7,10H2,1-4H3,(H,17,19)(H,18,20). The third-order valence-corrected chi connectivity index (χ3v) is 3.16. The molecule has 0 bridgehead atoms. The molecule has 0 fully saturated rings. The number of hydrogen-bond acceptors (Lipinski definition) is 4. The highest BCUT2D eigenvalue weighted by Gasteiger charge is 2.27. The third-order valence-electron chi connectivity index (χ3n) is 3.16. The number of carbonyl (C=O) groups excluding carboxylic acids is 2. The first-order chi connectivity index (χ1) is 10.2. The molecule has 0 aliphatic heterocycles. The number of rotatable bonds is 8. The van der Waals surface area contributed by atoms with Crippen LogP contribution in [-0.2, 0) is 15.2 Å². The van der Waals surface area contributed by atoms with Crippen molar-refractivity contribution in [1.82, 2.24) is 10.6 Å². The van der Waals surface area contributed by atoms with E-state index in [0.29, 0.717) is 24.4 Å². The molecule has 1 unspecified atom stereocenters. The Morgan fingerprint density at radius 2 is 1.91 bits per heavy atom. The lowest BCUT2D eigenvalue weighted by molar-refractivity contribution is -0.123. The van der Waals surface area contributed by atoms with Gasteiger partial charge in [-0.1, -0.05) is 0 Å². The summed E-state index contributed by atoms with van der Waals surface area (Å²) >= 11 is 0. The van der Waals surface area contributed by atoms with Gasteiger partial charge in [0.05, 0.1) is 6.54 Å². The molecule has 3 N–H and O–H groups in total. The molecular weight excluding hydrogens is 284 g/mol. The number of nitrogens with one attached hydrogen (secondary N) is 2. The number of aryl methyl sites for hydroxylation is 1. The number of aliphatic hydroxyl groups is 1. The summed E-state index contributed by atoms with van der Waals surface area (Å²) in [6, 6.07) is 3.56. The summed E-state index contributed by atoms with van der Waals surface area (Å²) in [6.07, 6.45) is 1.05. The average Bonchev–Trinajstić information content (AvgIpc) is 2.83. The van der Waals surface area contributed by atoms with Gasteiger partial charge in [-0.15, -0.1) is 0 Å². The molecular formula is C16H26N2O4. The second kappa shape index (κ2) is 7.98. The fraction of sp³-hybridized carbons (Fsp3) is 0.625. The van der Waals surface area contributed by atoms with E-state index in [2.05, 4.69) is 10.6 Å². The van der Waals surface area contributed by atoms with Crippen LogP contribution in [0.25, 0.3) is 0 Å². The fourth-order valence-corrected chi connectivity index (χ4v) is 1.97. The van der Waals surface area contributed by atoms with Crippen LogP contribution in [0.3, 0.4) is 0 Å². The highest BCUT2D eigenvalue weighted by molar-refractivity contribution is 5.79. The maximum absolute atomic E-state index is 11.7. The maximum Gasteiger partial charge on any atom is 0.220 e. The van der Waals surface area contributed by atoms with E-state index in [1.807, 2.05) is 13.8 Å². The summed E-state index contributed by atoms with van der Waals surface area (Å²) in [7, 11) is 0. The van der Waals surface area contributed by atoms with Crippen molar-refractivity contribution in [3.63, 3.8) is 0 Å². The quantitative estimate of drug-likeness (QED) is 0.680. The summed E-state index contributed by atoms with van der Waals surface area (Å²) in [5.41, 5.74) is -1.25. The minimum absolute atomic E-state index is 0.0548. The Bertz CT molecular complexity index is 506. The number of furan rings is 1. The first-order valence-corrected chi connectivity index (χ1v) is 7.56. The Hall–Kier alpha value is -1.82. The van der Waals surface area contributed by atoms with Crippen LogP contribution >= 0.6 is 0 Å². The molecule has 1 aromatic heterocycles. The van der Waals surface area contributed by atoms with Gasteiger partial charge in [0.1, 0.15) is 17.1 Å². The fourth-order valence-electron chi connectivity index (χ4n) is 1.97. The van der Waals surface area contributed by atoms with Gasteiger partial charge in [-0.3, -0.25) is 9.59 Å². The predicted octanol–water partition coefficient (Wildman–Crippen LogP) is 1.61. The van der Waals surface area contributed by atoms with Gasteiger partial charge in [-0.25, -0.2) is 0 Å². The Morgan fingerprint density at radius 1 is 1.27 bits per heavy atom. The van der Waals surface area contributed by atoms with Crippen LogP contribution in [-0.4, -0.2) is 29.5 Å². The highest BCUT2D eigenvalue weighted by atomic mass is 16.4. The van der Waals surface area contributed by atoms with Gasteiger partial charge in [0, 0.05) is 18.9 Å². The van der Waals surface area contributed by atoms with E-state index in [9.17, 15) is 14.7 Å². The van der Waals surface area contributed by atoms with E-state index < -0.39 is 5.60 Å². The SMILES string of the molecule is Cc1ccc(C(C)(O)CNC(=O)CCCC(=O)NC(C)C)o1. The smallest absolute Gasteiger partial charge is 0.220 e. The molecule has 0 spiro atoms. The molecule has 0 aliphatic rings. The van der Waals surface area contributed by atoms with Crippen LogP contribution in [0.5, 0.6) is 0 Å². The Morgan fingerprint density at radius 3 is 2.45 bits per heavy atom. The number of carbonyl (C=O) groups is 2. The normalized spacial score (nSPS) is 13.7. The number of hydrogen-bond donors (Lipinski definition) is 3. The molecule has 1 heterocycles. The summed E-state index contributed by atoms with van der Waals surface area (Å²) in [5, 5.41) is 15.7. The first kappa shape index (κ1) is 18.2. The van der Waals surface area contributed by atoms with Crippen molar-refractivity contribution in [1.29, 1.82) is 0 Å². The molecule has 0 aromatic carbocycles. The molecule has 1 rings (SSSR count). The van der Waals surface area contributed by atoms with Crippen LogP contribution in [0.4, 0.5) is 0 Å². The molecule has 2 amide bonds. The lowest BCUT2D eigenvalue weighted by Crippen LogP contribution is -2.38. The Kier molecular flexibility index (Phi) is 6.61. The third kappa shape index (κ3) is 6.30. The molecule has 0 aliphatic carbocycles. The van der Waals surface area contributed by atoms with E-state index in [0.717, 1.165) is 0 Å². The Labute approximate surface area is 131 Å². The minimum atomic E-state index is -1.25. The van der Waals surface area contributed by atoms with Gasteiger partial charge < -0.3 is 20.2 Å². The van der Waals surface area contributed by atoms with E-state index in [4.69, 9.17) is 4.42 Å². The molecule has 0 saturated heterocycles. The zero-order chi connectivity index (χ0) is 16.8. The van der Waals surface area contributed by atoms with Crippen LogP contribution in [0, 0.1) is 6.92 Å². The molecule has 6 nitrogen and oxygen atoms in total. The van der Waals surface area contributed by atoms with E-state index in [-0.39, 0.29) is 30.8 Å². The van der Waals surface area contributed by atoms with Gasteiger partial charge in [0.15, 0.2) is 0 Å². The average molecular weight is 310 g/mol. The van der Waals surface area contributed by atoms with Crippen molar-refractivity contribution < 1.29 is 19.1 Å². The monoisotopic (exact) mass is 310 g/mol. The van der Waals surface area contributed by atoms with Crippen LogP contribution in [0.1, 0.15) is 51.6 Å². The zero-order valence-corrected chi connectivity index (χ0v) is 13.7. The lowest BCUT2D eigenvalue weighted by Gasteiger charge is -2.21. The van der Waals surface area contributed by atoms with Crippen molar-refractivity contribution in [2.75, 3.05) is 6.54 Å². The second-order valence-corrected chi connectivity index (χ2v) is 6.04. The maximum atomic E-state index is 11.7. The largest absolute Gasteiger partial charge is 0.463 e. The van der Waals surface area contributed by atoms with Crippen molar-refractivity contribution in [3.8, 4) is 0 Å². The molecule has 6 heteroatoms. The van der Waals surface area contributed by atoms with Gasteiger partial charge in [0.2, 0.25) is 11.8 Å². The van der Waals surface area contributed by atoms with Crippen molar-refractivity contribution in [2.24, 2.45) is 0 Å². The van der Waals surface area contributed by atoms with Crippen molar-refractivity contribution in [3.05, 3.63) is 23.7 Å². The summed E-state index contributed by atoms with van der Waals surface area (Å²) in [5.74, 6) is 0.876. The van der Waals surface area contributed by atoms with Gasteiger partial charge >= 0.3 is 0 Å². The van der Waals surface area contributed by atoms with Gasteiger partial charge in [-0.05, 0) is 46.2 Å². The summed E-state index contributed by atoms with van der Waals surface area (Å²) in [6.45, 7) is 7.23. The molecule has 0 saturated carbocycles. The molecule has 1 atom stereocenters. The lowest BCUT2D eigenvalue weighted by atomic mass is 10.0. The molecule has 124 valence electrons. The van der Waals surface area contributed by atoms with Crippen molar-refractivity contribution >= 4 is 11.8 Å². The van der Waals surface area contributed by atoms with Crippen LogP contribution in [0.2, 0.25) is 0 Å². The summed E-state index contributed by atoms with van der Waals surface area (Å²) in [4.78, 5) is 23.2. The molecule has 22 heavy (non-hydrogen) atoms. The van der Waals surface area contributed by atoms with E-state index >= 15 is 0 Å². The topological polar surface area (TPSA) is 91.6 Å². The van der Waals surface area contributed by atoms with Crippen LogP contribution in [0.15, 0.2) is 16.5 Å². The zero-order valence-electron chi connectivity index (χ0n) is 13.7. The Balaban J connectivity index is 2.29. The predicted molar refractivity (Wildman–Crippen MR) is 83.2 cm³/mol. The first-order valence-electron chi connectivity index (χ1n) is 7.56. The van der Waals surface area contributed by atoms with Gasteiger partial charge in [0.25, 0.3) is 0 Å².